The van der Waals surface area contributed by atoms with E-state index in [4.69, 9.17) is 9.52 Å². The van der Waals surface area contributed by atoms with Crippen molar-refractivity contribution in [2.45, 2.75) is 19.4 Å². The number of urea groups is 1. The molecule has 21 heavy (non-hydrogen) atoms. The number of rotatable bonds is 7. The molecule has 8 heteroatoms. The van der Waals surface area contributed by atoms with Gasteiger partial charge < -0.3 is 25.1 Å². The first kappa shape index (κ1) is 14.6. The quantitative estimate of drug-likeness (QED) is 0.570. The number of nitrogens with one attached hydrogen (secondary N) is 3. The largest absolute Gasteiger partial charge is 0.475 e. The fraction of sp³-hybridized carbons (Fsp3) is 0.308. The first-order valence-corrected chi connectivity index (χ1v) is 6.47. The molecule has 0 aliphatic carbocycles. The second kappa shape index (κ2) is 7.13. The number of hydrogen-bond acceptors (Lipinski definition) is 4. The normalized spacial score (nSPS) is 10.3. The Morgan fingerprint density at radius 1 is 1.33 bits per heavy atom. The Balaban J connectivity index is 1.61. The first-order chi connectivity index (χ1) is 10.1. The predicted molar refractivity (Wildman–Crippen MR) is 72.8 cm³/mol. The Labute approximate surface area is 120 Å². The van der Waals surface area contributed by atoms with Crippen molar-refractivity contribution in [2.24, 2.45) is 0 Å². The molecule has 2 rings (SSSR count). The van der Waals surface area contributed by atoms with Crippen LogP contribution in [0, 0.1) is 0 Å². The molecule has 2 aromatic heterocycles. The molecule has 0 aliphatic heterocycles. The van der Waals surface area contributed by atoms with Crippen LogP contribution in [-0.2, 0) is 13.0 Å². The number of carboxylic acids is 1. The molecule has 8 nitrogen and oxygen atoms in total. The highest BCUT2D eigenvalue weighted by atomic mass is 16.4. The predicted octanol–water partition coefficient (Wildman–Crippen LogP) is 1.13. The van der Waals surface area contributed by atoms with E-state index in [-0.39, 0.29) is 18.3 Å². The number of carbonyl (C=O) groups is 2. The van der Waals surface area contributed by atoms with E-state index >= 15 is 0 Å². The van der Waals surface area contributed by atoms with Crippen molar-refractivity contribution >= 4 is 12.0 Å². The highest BCUT2D eigenvalue weighted by Gasteiger charge is 2.09. The number of hydrogen-bond donors (Lipinski definition) is 4. The number of nitrogens with zero attached hydrogens (tertiary/aromatic N) is 1. The van der Waals surface area contributed by atoms with Gasteiger partial charge in [0.2, 0.25) is 5.76 Å². The number of H-pyrrole nitrogens is 1. The van der Waals surface area contributed by atoms with E-state index in [0.29, 0.717) is 12.3 Å². The summed E-state index contributed by atoms with van der Waals surface area (Å²) in [5.74, 6) is -0.0126. The Morgan fingerprint density at radius 3 is 2.86 bits per heavy atom. The van der Waals surface area contributed by atoms with Gasteiger partial charge in [0.25, 0.3) is 0 Å². The van der Waals surface area contributed by atoms with Crippen molar-refractivity contribution in [1.29, 1.82) is 0 Å². The summed E-state index contributed by atoms with van der Waals surface area (Å²) < 4.78 is 5.02. The Hall–Kier alpha value is -2.77. The molecule has 0 saturated carbocycles. The van der Waals surface area contributed by atoms with Gasteiger partial charge in [-0.1, -0.05) is 0 Å². The molecule has 0 fully saturated rings. The van der Waals surface area contributed by atoms with Crippen LogP contribution in [0.3, 0.4) is 0 Å². The SMILES string of the molecule is O=C(NCCCc1ncc[nH]1)NCc1ccc(C(=O)O)o1. The second-order valence-electron chi connectivity index (χ2n) is 4.32. The third-order valence-electron chi connectivity index (χ3n) is 2.73. The van der Waals surface area contributed by atoms with Crippen LogP contribution in [0.4, 0.5) is 4.79 Å². The van der Waals surface area contributed by atoms with Gasteiger partial charge in [0, 0.05) is 25.4 Å². The number of amides is 2. The van der Waals surface area contributed by atoms with Gasteiger partial charge in [-0.15, -0.1) is 0 Å². The number of furan rings is 1. The van der Waals surface area contributed by atoms with Crippen molar-refractivity contribution in [1.82, 2.24) is 20.6 Å². The third kappa shape index (κ3) is 4.68. The van der Waals surface area contributed by atoms with E-state index < -0.39 is 5.97 Å². The minimum absolute atomic E-state index is 0.136. The summed E-state index contributed by atoms with van der Waals surface area (Å²) in [7, 11) is 0. The maximum Gasteiger partial charge on any atom is 0.371 e. The molecule has 0 aliphatic rings. The van der Waals surface area contributed by atoms with Crippen molar-refractivity contribution < 1.29 is 19.1 Å². The van der Waals surface area contributed by atoms with Crippen LogP contribution in [0.1, 0.15) is 28.6 Å². The number of imidazole rings is 1. The molecule has 2 amide bonds. The topological polar surface area (TPSA) is 120 Å². The van der Waals surface area contributed by atoms with E-state index in [1.54, 1.807) is 12.4 Å². The van der Waals surface area contributed by atoms with Crippen molar-refractivity contribution in [3.63, 3.8) is 0 Å². The van der Waals surface area contributed by atoms with E-state index in [2.05, 4.69) is 20.6 Å². The van der Waals surface area contributed by atoms with Crippen LogP contribution in [0.15, 0.2) is 28.9 Å². The molecule has 112 valence electrons. The van der Waals surface area contributed by atoms with E-state index in [9.17, 15) is 9.59 Å². The minimum Gasteiger partial charge on any atom is -0.475 e. The molecule has 0 aromatic carbocycles. The lowest BCUT2D eigenvalue weighted by Crippen LogP contribution is -2.35. The van der Waals surface area contributed by atoms with Crippen molar-refractivity contribution in [2.75, 3.05) is 6.54 Å². The van der Waals surface area contributed by atoms with Crippen LogP contribution < -0.4 is 10.6 Å². The van der Waals surface area contributed by atoms with Crippen LogP contribution in [0.5, 0.6) is 0 Å². The molecule has 2 heterocycles. The summed E-state index contributed by atoms with van der Waals surface area (Å²) in [4.78, 5) is 29.2. The second-order valence-corrected chi connectivity index (χ2v) is 4.32. The number of carboxylic acid groups (broad SMARTS) is 1. The molecule has 0 atom stereocenters. The Morgan fingerprint density at radius 2 is 2.19 bits per heavy atom. The number of carbonyl (C=O) groups excluding carboxylic acids is 1. The summed E-state index contributed by atoms with van der Waals surface area (Å²) in [6, 6.07) is 2.53. The smallest absolute Gasteiger partial charge is 0.371 e. The maximum absolute atomic E-state index is 11.5. The Bertz CT molecular complexity index is 591. The van der Waals surface area contributed by atoms with Crippen LogP contribution in [-0.4, -0.2) is 33.6 Å². The summed E-state index contributed by atoms with van der Waals surface area (Å²) in [6.45, 7) is 0.655. The molecule has 0 unspecified atom stereocenters. The lowest BCUT2D eigenvalue weighted by Gasteiger charge is -2.05. The molecule has 0 bridgehead atoms. The van der Waals surface area contributed by atoms with Crippen molar-refractivity contribution in [3.8, 4) is 0 Å². The third-order valence-corrected chi connectivity index (χ3v) is 2.73. The van der Waals surface area contributed by atoms with Crippen LogP contribution in [0.2, 0.25) is 0 Å². The molecular weight excluding hydrogens is 276 g/mol. The van der Waals surface area contributed by atoms with Gasteiger partial charge in [0.1, 0.15) is 11.6 Å². The maximum atomic E-state index is 11.5. The highest BCUT2D eigenvalue weighted by molar-refractivity contribution is 5.84. The Kier molecular flexibility index (Phi) is 4.97. The number of aromatic amines is 1. The molecule has 4 N–H and O–H groups in total. The lowest BCUT2D eigenvalue weighted by atomic mass is 10.3. The average Bonchev–Trinajstić information content (AvgIpc) is 3.12. The number of aromatic carboxylic acids is 1. The zero-order chi connectivity index (χ0) is 15.1. The molecule has 0 radical (unpaired) electrons. The molecule has 0 spiro atoms. The monoisotopic (exact) mass is 292 g/mol. The van der Waals surface area contributed by atoms with Crippen LogP contribution in [0.25, 0.3) is 0 Å². The molecule has 2 aromatic rings. The number of aryl methyl sites for hydroxylation is 1. The van der Waals surface area contributed by atoms with Gasteiger partial charge >= 0.3 is 12.0 Å². The highest BCUT2D eigenvalue weighted by Crippen LogP contribution is 2.07. The van der Waals surface area contributed by atoms with Gasteiger partial charge in [-0.25, -0.2) is 14.6 Å². The average molecular weight is 292 g/mol. The molecular formula is C13H16N4O4. The molecule has 0 saturated heterocycles. The summed E-state index contributed by atoms with van der Waals surface area (Å²) in [5, 5.41) is 14.0. The van der Waals surface area contributed by atoms with Crippen molar-refractivity contribution in [3.05, 3.63) is 41.9 Å². The number of aromatic nitrogens is 2. The van der Waals surface area contributed by atoms with Gasteiger partial charge in [-0.2, -0.15) is 0 Å². The van der Waals surface area contributed by atoms with E-state index in [1.165, 1.54) is 12.1 Å². The fourth-order valence-corrected chi connectivity index (χ4v) is 1.71. The van der Waals surface area contributed by atoms with Gasteiger partial charge in [0.15, 0.2) is 0 Å². The minimum atomic E-state index is -1.14. The zero-order valence-corrected chi connectivity index (χ0v) is 11.3. The van der Waals surface area contributed by atoms with Crippen LogP contribution >= 0.6 is 0 Å². The summed E-state index contributed by atoms with van der Waals surface area (Å²) in [5.41, 5.74) is 0. The summed E-state index contributed by atoms with van der Waals surface area (Å²) >= 11 is 0. The zero-order valence-electron chi connectivity index (χ0n) is 11.3. The van der Waals surface area contributed by atoms with E-state index in [1.807, 2.05) is 0 Å². The van der Waals surface area contributed by atoms with Gasteiger partial charge in [-0.05, 0) is 18.6 Å². The first-order valence-electron chi connectivity index (χ1n) is 6.47. The standard InChI is InChI=1S/C13H16N4O4/c18-12(19)10-4-3-9(21-10)8-17-13(20)16-5-1-2-11-14-6-7-15-11/h3-4,6-7H,1-2,5,8H2,(H,14,15)(H,18,19)(H2,16,17,20). The van der Waals surface area contributed by atoms with E-state index in [0.717, 1.165) is 18.7 Å². The van der Waals surface area contributed by atoms with Gasteiger partial charge in [-0.3, -0.25) is 0 Å². The van der Waals surface area contributed by atoms with Gasteiger partial charge in [0.05, 0.1) is 6.54 Å². The fourth-order valence-electron chi connectivity index (χ4n) is 1.71. The lowest BCUT2D eigenvalue weighted by molar-refractivity contribution is 0.0660. The summed E-state index contributed by atoms with van der Waals surface area (Å²) in [6.07, 6.45) is 4.96.